The molecule has 1 N–H and O–H groups in total. The summed E-state index contributed by atoms with van der Waals surface area (Å²) >= 11 is 1.45. The van der Waals surface area contributed by atoms with E-state index in [-0.39, 0.29) is 12.0 Å². The SMILES string of the molecule is CC(C)Oc1ccc(/C=C2/SC(N3CC[NH+](CCC#N)CC3)=NC2=O)cc1. The van der Waals surface area contributed by atoms with Crippen molar-refractivity contribution in [3.05, 3.63) is 34.7 Å². The minimum Gasteiger partial charge on any atom is -0.491 e. The Kier molecular flexibility index (Phi) is 6.54. The first-order valence-corrected chi connectivity index (χ1v) is 10.1. The predicted octanol–water partition coefficient (Wildman–Crippen LogP) is 1.56. The van der Waals surface area contributed by atoms with Gasteiger partial charge >= 0.3 is 0 Å². The number of piperazine rings is 1. The fourth-order valence-corrected chi connectivity index (χ4v) is 4.06. The molecule has 27 heavy (non-hydrogen) atoms. The number of aliphatic imine (C=N–C) groups is 1. The zero-order valence-electron chi connectivity index (χ0n) is 15.8. The standard InChI is InChI=1S/C20H24N4O2S/c1-15(2)26-17-6-4-16(5-7-17)14-18-19(25)22-20(27-18)24-12-10-23(11-13-24)9-3-8-21/h4-7,14-15H,3,9-13H2,1-2H3/p+1/b18-14+. The monoisotopic (exact) mass is 385 g/mol. The van der Waals surface area contributed by atoms with Crippen LogP contribution in [0.15, 0.2) is 34.2 Å². The fourth-order valence-electron chi connectivity index (χ4n) is 3.10. The van der Waals surface area contributed by atoms with Gasteiger partial charge in [0.15, 0.2) is 5.17 Å². The number of quaternary nitrogens is 1. The van der Waals surface area contributed by atoms with Crippen LogP contribution in [0, 0.1) is 11.3 Å². The molecule has 1 amide bonds. The van der Waals surface area contributed by atoms with Crippen molar-refractivity contribution in [1.82, 2.24) is 4.90 Å². The summed E-state index contributed by atoms with van der Waals surface area (Å²) in [5.74, 6) is 0.656. The van der Waals surface area contributed by atoms with E-state index in [0.717, 1.165) is 49.2 Å². The molecule has 0 unspecified atom stereocenters. The normalized spacial score (nSPS) is 19.5. The number of hydrogen-bond acceptors (Lipinski definition) is 5. The number of carbonyl (C=O) groups excluding carboxylic acids is 1. The maximum absolute atomic E-state index is 12.3. The van der Waals surface area contributed by atoms with Crippen LogP contribution in [0.3, 0.4) is 0 Å². The molecule has 2 heterocycles. The summed E-state index contributed by atoms with van der Waals surface area (Å²) in [5.41, 5.74) is 0.962. The molecule has 1 aromatic carbocycles. The van der Waals surface area contributed by atoms with Gasteiger partial charge in [0, 0.05) is 0 Å². The molecule has 3 rings (SSSR count). The lowest BCUT2D eigenvalue weighted by atomic mass is 10.2. The molecule has 0 radical (unpaired) electrons. The molecule has 0 aromatic heterocycles. The summed E-state index contributed by atoms with van der Waals surface area (Å²) in [5, 5.41) is 9.50. The van der Waals surface area contributed by atoms with Crippen LogP contribution in [-0.4, -0.2) is 54.8 Å². The second-order valence-corrected chi connectivity index (χ2v) is 7.95. The lowest BCUT2D eigenvalue weighted by molar-refractivity contribution is -0.903. The quantitative estimate of drug-likeness (QED) is 0.779. The fraction of sp³-hybridized carbons (Fsp3) is 0.450. The van der Waals surface area contributed by atoms with E-state index in [0.29, 0.717) is 11.3 Å². The summed E-state index contributed by atoms with van der Waals surface area (Å²) in [4.78, 5) is 20.8. The Bertz CT molecular complexity index is 772. The molecule has 1 saturated heterocycles. The van der Waals surface area contributed by atoms with E-state index in [4.69, 9.17) is 10.00 Å². The van der Waals surface area contributed by atoms with Crippen LogP contribution < -0.4 is 9.64 Å². The Hall–Kier alpha value is -2.30. The van der Waals surface area contributed by atoms with Gasteiger partial charge in [-0.1, -0.05) is 12.1 Å². The Morgan fingerprint density at radius 3 is 2.67 bits per heavy atom. The number of hydrogen-bond donors (Lipinski definition) is 1. The van der Waals surface area contributed by atoms with Gasteiger partial charge < -0.3 is 14.5 Å². The van der Waals surface area contributed by atoms with Crippen molar-refractivity contribution in [3.8, 4) is 11.8 Å². The maximum atomic E-state index is 12.3. The molecular formula is C20H25N4O2S+. The van der Waals surface area contributed by atoms with Gasteiger partial charge in [-0.25, -0.2) is 0 Å². The van der Waals surface area contributed by atoms with Crippen LogP contribution in [0.1, 0.15) is 25.8 Å². The van der Waals surface area contributed by atoms with Crippen molar-refractivity contribution in [2.75, 3.05) is 32.7 Å². The molecule has 0 saturated carbocycles. The lowest BCUT2D eigenvalue weighted by Crippen LogP contribution is -3.14. The third-order valence-corrected chi connectivity index (χ3v) is 5.53. The van der Waals surface area contributed by atoms with Gasteiger partial charge in [-0.2, -0.15) is 10.3 Å². The smallest absolute Gasteiger partial charge is 0.286 e. The molecule has 0 aliphatic carbocycles. The zero-order valence-corrected chi connectivity index (χ0v) is 16.6. The largest absolute Gasteiger partial charge is 0.491 e. The van der Waals surface area contributed by atoms with Crippen LogP contribution in [-0.2, 0) is 4.79 Å². The van der Waals surface area contributed by atoms with Crippen LogP contribution >= 0.6 is 11.8 Å². The Morgan fingerprint density at radius 2 is 2.04 bits per heavy atom. The summed E-state index contributed by atoms with van der Waals surface area (Å²) < 4.78 is 5.65. The number of ether oxygens (including phenoxy) is 1. The van der Waals surface area contributed by atoms with Crippen LogP contribution in [0.25, 0.3) is 6.08 Å². The van der Waals surface area contributed by atoms with Crippen molar-refractivity contribution in [1.29, 1.82) is 5.26 Å². The molecule has 0 bridgehead atoms. The molecule has 6 nitrogen and oxygen atoms in total. The Morgan fingerprint density at radius 1 is 1.33 bits per heavy atom. The molecule has 0 spiro atoms. The van der Waals surface area contributed by atoms with E-state index in [2.05, 4.69) is 16.0 Å². The van der Waals surface area contributed by atoms with Crippen molar-refractivity contribution in [2.45, 2.75) is 26.4 Å². The summed E-state index contributed by atoms with van der Waals surface area (Å²) in [6.07, 6.45) is 2.62. The zero-order chi connectivity index (χ0) is 19.2. The minimum atomic E-state index is -0.170. The van der Waals surface area contributed by atoms with Gasteiger partial charge in [0.1, 0.15) is 5.75 Å². The third-order valence-electron chi connectivity index (χ3n) is 4.49. The highest BCUT2D eigenvalue weighted by molar-refractivity contribution is 8.18. The number of thioether (sulfide) groups is 1. The predicted molar refractivity (Wildman–Crippen MR) is 108 cm³/mol. The molecule has 7 heteroatoms. The first-order valence-electron chi connectivity index (χ1n) is 9.30. The topological polar surface area (TPSA) is 70.1 Å². The van der Waals surface area contributed by atoms with E-state index >= 15 is 0 Å². The lowest BCUT2D eigenvalue weighted by Gasteiger charge is -2.32. The molecule has 2 aliphatic rings. The van der Waals surface area contributed by atoms with E-state index in [1.54, 1.807) is 0 Å². The molecule has 142 valence electrons. The van der Waals surface area contributed by atoms with Crippen LogP contribution in [0.4, 0.5) is 0 Å². The average molecular weight is 386 g/mol. The van der Waals surface area contributed by atoms with Gasteiger partial charge in [-0.05, 0) is 49.4 Å². The van der Waals surface area contributed by atoms with Gasteiger partial charge in [0.05, 0.1) is 56.2 Å². The third kappa shape index (κ3) is 5.34. The number of nitriles is 1. The maximum Gasteiger partial charge on any atom is 0.286 e. The summed E-state index contributed by atoms with van der Waals surface area (Å²) in [6.45, 7) is 8.58. The highest BCUT2D eigenvalue weighted by Gasteiger charge is 2.29. The number of amides is 1. The molecule has 1 fully saturated rings. The van der Waals surface area contributed by atoms with Crippen molar-refractivity contribution >= 4 is 28.9 Å². The Balaban J connectivity index is 1.57. The summed E-state index contributed by atoms with van der Waals surface area (Å²) in [6, 6.07) is 9.95. The number of carbonyl (C=O) groups is 1. The number of nitrogens with zero attached hydrogens (tertiary/aromatic N) is 3. The van der Waals surface area contributed by atoms with E-state index in [1.807, 2.05) is 44.2 Å². The number of amidine groups is 1. The van der Waals surface area contributed by atoms with E-state index < -0.39 is 0 Å². The van der Waals surface area contributed by atoms with Gasteiger partial charge in [0.2, 0.25) is 0 Å². The van der Waals surface area contributed by atoms with Gasteiger partial charge in [-0.3, -0.25) is 4.79 Å². The molecule has 2 aliphatic heterocycles. The van der Waals surface area contributed by atoms with Crippen molar-refractivity contribution < 1.29 is 14.4 Å². The first kappa shape index (κ1) is 19.5. The second-order valence-electron chi connectivity index (χ2n) is 6.94. The Labute approximate surface area is 164 Å². The molecule has 1 aromatic rings. The molecular weight excluding hydrogens is 360 g/mol. The highest BCUT2D eigenvalue weighted by Crippen LogP contribution is 2.30. The van der Waals surface area contributed by atoms with Crippen LogP contribution in [0.2, 0.25) is 0 Å². The van der Waals surface area contributed by atoms with Gasteiger partial charge in [0.25, 0.3) is 5.91 Å². The van der Waals surface area contributed by atoms with Crippen molar-refractivity contribution in [3.63, 3.8) is 0 Å². The second kappa shape index (κ2) is 9.07. The van der Waals surface area contributed by atoms with Crippen molar-refractivity contribution in [2.24, 2.45) is 4.99 Å². The number of benzene rings is 1. The van der Waals surface area contributed by atoms with E-state index in [9.17, 15) is 4.79 Å². The molecule has 0 atom stereocenters. The minimum absolute atomic E-state index is 0.138. The first-order chi connectivity index (χ1) is 13.0. The highest BCUT2D eigenvalue weighted by atomic mass is 32.2. The van der Waals surface area contributed by atoms with Gasteiger partial charge in [-0.15, -0.1) is 0 Å². The number of rotatable bonds is 5. The van der Waals surface area contributed by atoms with E-state index in [1.165, 1.54) is 16.7 Å². The number of nitrogens with one attached hydrogen (secondary N) is 1. The summed E-state index contributed by atoms with van der Waals surface area (Å²) in [7, 11) is 0. The average Bonchev–Trinajstić information content (AvgIpc) is 3.02. The van der Waals surface area contributed by atoms with Crippen LogP contribution in [0.5, 0.6) is 5.75 Å².